The molecule has 0 aliphatic rings. The quantitative estimate of drug-likeness (QED) is 0.864. The van der Waals surface area contributed by atoms with Gasteiger partial charge in [0.15, 0.2) is 0 Å². The van der Waals surface area contributed by atoms with Crippen LogP contribution < -0.4 is 0 Å². The molecule has 0 radical (unpaired) electrons. The van der Waals surface area contributed by atoms with Crippen molar-refractivity contribution < 1.29 is 30.7 Å². The molecule has 7 nitrogen and oxygen atoms in total. The zero-order chi connectivity index (χ0) is 15.7. The van der Waals surface area contributed by atoms with Crippen molar-refractivity contribution in [2.45, 2.75) is 9.79 Å². The molecule has 0 aliphatic carbocycles. The second-order valence-electron chi connectivity index (χ2n) is 3.91. The lowest BCUT2D eigenvalue weighted by molar-refractivity contribution is 0.432. The Hall–Kier alpha value is -2.10. The second-order valence-corrected chi connectivity index (χ2v) is 7.15. The summed E-state index contributed by atoms with van der Waals surface area (Å²) in [5.41, 5.74) is 0. The van der Waals surface area contributed by atoms with Crippen LogP contribution in [0.1, 0.15) is 0 Å². The second kappa shape index (κ2) is 5.35. The molecule has 0 aromatic heterocycles. The molecule has 9 heteroatoms. The van der Waals surface area contributed by atoms with E-state index in [4.69, 9.17) is 0 Å². The lowest BCUT2D eigenvalue weighted by atomic mass is 10.3. The minimum atomic E-state index is -4.76. The van der Waals surface area contributed by atoms with E-state index in [1.54, 1.807) is 0 Å². The molecule has 2 aromatic rings. The van der Waals surface area contributed by atoms with E-state index >= 15 is 0 Å². The molecule has 2 N–H and O–H groups in total. The monoisotopic (exact) mass is 330 g/mol. The molecule has 0 heterocycles. The van der Waals surface area contributed by atoms with Crippen LogP contribution in [-0.4, -0.2) is 27.0 Å². The van der Waals surface area contributed by atoms with Gasteiger partial charge in [0.05, 0.1) is 0 Å². The molecule has 0 fully saturated rings. The van der Waals surface area contributed by atoms with Crippen LogP contribution in [0, 0.1) is 0 Å². The average Bonchev–Trinajstić information content (AvgIpc) is 2.38. The molecule has 2 aromatic carbocycles. The SMILES string of the molecule is O=S(=O)(OS(=O)(=O)c1ccccc1O)c1ccccc1O. The number of phenolic OH excluding ortho intramolecular Hbond substituents is 2. The standard InChI is InChI=1S/C12H10O7S2/c13-9-5-1-3-7-11(9)20(15,16)19-21(17,18)12-8-4-2-6-10(12)14/h1-8,13-14H. The zero-order valence-corrected chi connectivity index (χ0v) is 12.0. The normalized spacial score (nSPS) is 12.2. The topological polar surface area (TPSA) is 118 Å². The molecule has 0 unspecified atom stereocenters. The number of hydrogen-bond donors (Lipinski definition) is 2. The molecule has 0 spiro atoms. The van der Waals surface area contributed by atoms with Crippen molar-refractivity contribution in [1.29, 1.82) is 0 Å². The van der Waals surface area contributed by atoms with Crippen molar-refractivity contribution in [2.75, 3.05) is 0 Å². The van der Waals surface area contributed by atoms with E-state index in [2.05, 4.69) is 3.63 Å². The van der Waals surface area contributed by atoms with Crippen molar-refractivity contribution in [3.05, 3.63) is 48.5 Å². The van der Waals surface area contributed by atoms with Gasteiger partial charge in [-0.25, -0.2) is 0 Å². The van der Waals surface area contributed by atoms with E-state index in [1.807, 2.05) is 0 Å². The molecule has 21 heavy (non-hydrogen) atoms. The third kappa shape index (κ3) is 3.15. The van der Waals surface area contributed by atoms with Crippen LogP contribution in [-0.2, 0) is 23.9 Å². The molecule has 0 aliphatic heterocycles. The summed E-state index contributed by atoms with van der Waals surface area (Å²) in [5, 5.41) is 18.9. The molecule has 0 atom stereocenters. The summed E-state index contributed by atoms with van der Waals surface area (Å²) >= 11 is 0. The van der Waals surface area contributed by atoms with Gasteiger partial charge in [0.1, 0.15) is 21.3 Å². The van der Waals surface area contributed by atoms with E-state index in [0.717, 1.165) is 24.3 Å². The number of rotatable bonds is 4. The van der Waals surface area contributed by atoms with Gasteiger partial charge in [0.25, 0.3) is 0 Å². The maximum atomic E-state index is 11.9. The third-order valence-corrected chi connectivity index (χ3v) is 5.65. The Bertz CT molecular complexity index is 796. The Balaban J connectivity index is 2.46. The lowest BCUT2D eigenvalue weighted by Gasteiger charge is -2.08. The van der Waals surface area contributed by atoms with Crippen LogP contribution >= 0.6 is 0 Å². The third-order valence-electron chi connectivity index (χ3n) is 2.45. The minimum Gasteiger partial charge on any atom is -0.506 e. The van der Waals surface area contributed by atoms with Gasteiger partial charge < -0.3 is 10.2 Å². The molecular weight excluding hydrogens is 320 g/mol. The first-order valence-corrected chi connectivity index (χ1v) is 8.33. The predicted octanol–water partition coefficient (Wildman–Crippen LogP) is 1.19. The summed E-state index contributed by atoms with van der Waals surface area (Å²) < 4.78 is 51.8. The molecule has 0 saturated carbocycles. The van der Waals surface area contributed by atoms with E-state index in [0.29, 0.717) is 0 Å². The highest BCUT2D eigenvalue weighted by Gasteiger charge is 2.30. The molecule has 2 rings (SSSR count). The van der Waals surface area contributed by atoms with Crippen molar-refractivity contribution in [2.24, 2.45) is 0 Å². The average molecular weight is 330 g/mol. The number of phenols is 2. The molecule has 112 valence electrons. The van der Waals surface area contributed by atoms with Crippen LogP contribution in [0.2, 0.25) is 0 Å². The van der Waals surface area contributed by atoms with Gasteiger partial charge in [-0.3, -0.25) is 0 Å². The first kappa shape index (κ1) is 15.3. The summed E-state index contributed by atoms with van der Waals surface area (Å²) in [6.45, 7) is 0. The van der Waals surface area contributed by atoms with Gasteiger partial charge >= 0.3 is 20.2 Å². The lowest BCUT2D eigenvalue weighted by Crippen LogP contribution is -2.14. The van der Waals surface area contributed by atoms with Crippen LogP contribution in [0.3, 0.4) is 0 Å². The number of aromatic hydroxyl groups is 2. The van der Waals surface area contributed by atoms with Crippen molar-refractivity contribution in [1.82, 2.24) is 0 Å². The highest BCUT2D eigenvalue weighted by atomic mass is 32.3. The molecule has 0 saturated heterocycles. The van der Waals surface area contributed by atoms with E-state index in [1.165, 1.54) is 24.3 Å². The Morgan fingerprint density at radius 2 is 1.00 bits per heavy atom. The highest BCUT2D eigenvalue weighted by molar-refractivity contribution is 8.00. The minimum absolute atomic E-state index is 0.648. The van der Waals surface area contributed by atoms with Gasteiger partial charge in [0, 0.05) is 0 Å². The fraction of sp³-hybridized carbons (Fsp3) is 0. The Morgan fingerprint density at radius 3 is 1.33 bits per heavy atom. The van der Waals surface area contributed by atoms with Crippen molar-refractivity contribution >= 4 is 20.2 Å². The zero-order valence-electron chi connectivity index (χ0n) is 10.4. The van der Waals surface area contributed by atoms with Gasteiger partial charge in [0.2, 0.25) is 0 Å². The van der Waals surface area contributed by atoms with Crippen LogP contribution in [0.4, 0.5) is 0 Å². The maximum absolute atomic E-state index is 11.9. The first-order chi connectivity index (χ1) is 9.74. The van der Waals surface area contributed by atoms with Crippen LogP contribution in [0.15, 0.2) is 58.3 Å². The smallest absolute Gasteiger partial charge is 0.315 e. The van der Waals surface area contributed by atoms with Gasteiger partial charge in [-0.05, 0) is 24.3 Å². The fourth-order valence-corrected chi connectivity index (χ4v) is 4.20. The summed E-state index contributed by atoms with van der Waals surface area (Å²) in [5.74, 6) is -1.30. The van der Waals surface area contributed by atoms with E-state index in [9.17, 15) is 27.0 Å². The van der Waals surface area contributed by atoms with Crippen molar-refractivity contribution in [3.63, 3.8) is 0 Å². The number of para-hydroxylation sites is 2. The predicted molar refractivity (Wildman–Crippen MR) is 71.7 cm³/mol. The summed E-state index contributed by atoms with van der Waals surface area (Å²) in [4.78, 5) is -1.38. The first-order valence-electron chi connectivity index (χ1n) is 5.51. The number of hydrogen-bond acceptors (Lipinski definition) is 7. The van der Waals surface area contributed by atoms with Crippen LogP contribution in [0.25, 0.3) is 0 Å². The Labute approximate surface area is 121 Å². The fourth-order valence-electron chi connectivity index (χ4n) is 1.53. The summed E-state index contributed by atoms with van der Waals surface area (Å²) in [6.07, 6.45) is 0. The van der Waals surface area contributed by atoms with Gasteiger partial charge in [-0.2, -0.15) is 16.8 Å². The van der Waals surface area contributed by atoms with E-state index in [-0.39, 0.29) is 0 Å². The molecule has 0 amide bonds. The number of benzene rings is 2. The van der Waals surface area contributed by atoms with E-state index < -0.39 is 41.5 Å². The van der Waals surface area contributed by atoms with Crippen molar-refractivity contribution in [3.8, 4) is 11.5 Å². The largest absolute Gasteiger partial charge is 0.506 e. The summed E-state index contributed by atoms with van der Waals surface area (Å²) in [7, 11) is -9.53. The Morgan fingerprint density at radius 1 is 0.667 bits per heavy atom. The summed E-state index contributed by atoms with van der Waals surface area (Å²) in [6, 6.07) is 9.45. The highest BCUT2D eigenvalue weighted by Crippen LogP contribution is 2.29. The maximum Gasteiger partial charge on any atom is 0.315 e. The van der Waals surface area contributed by atoms with Gasteiger partial charge in [-0.15, -0.1) is 3.63 Å². The molecule has 0 bridgehead atoms. The van der Waals surface area contributed by atoms with Crippen LogP contribution in [0.5, 0.6) is 11.5 Å². The van der Waals surface area contributed by atoms with Gasteiger partial charge in [-0.1, -0.05) is 24.3 Å². The Kier molecular flexibility index (Phi) is 3.90. The molecular formula is C12H10O7S2.